The average molecular weight is 306 g/mol. The van der Waals surface area contributed by atoms with Crippen molar-refractivity contribution in [1.82, 2.24) is 19.9 Å². The van der Waals surface area contributed by atoms with Gasteiger partial charge in [-0.3, -0.25) is 9.36 Å². The summed E-state index contributed by atoms with van der Waals surface area (Å²) in [4.78, 5) is 20.4. The highest BCUT2D eigenvalue weighted by atomic mass is 16.1. The molecule has 1 aromatic carbocycles. The molecule has 23 heavy (non-hydrogen) atoms. The first-order valence-electron chi connectivity index (χ1n) is 7.56. The molecule has 0 saturated heterocycles. The largest absolute Gasteiger partial charge is 0.352 e. The lowest BCUT2D eigenvalue weighted by molar-refractivity contribution is -0.121. The summed E-state index contributed by atoms with van der Waals surface area (Å²) in [6, 6.07) is 13.8. The molecule has 2 heterocycles. The predicted molar refractivity (Wildman–Crippen MR) is 88.0 cm³/mol. The maximum Gasteiger partial charge on any atom is 0.220 e. The molecule has 2 aromatic heterocycles. The summed E-state index contributed by atoms with van der Waals surface area (Å²) in [6.07, 6.45) is 8.19. The van der Waals surface area contributed by atoms with Gasteiger partial charge in [-0.25, -0.2) is 9.97 Å². The van der Waals surface area contributed by atoms with Gasteiger partial charge in [0.1, 0.15) is 12.1 Å². The molecule has 3 aromatic rings. The number of rotatable bonds is 6. The first-order chi connectivity index (χ1) is 11.3. The number of carbonyl (C=O) groups is 1. The molecular weight excluding hydrogens is 288 g/mol. The Bertz CT molecular complexity index is 754. The number of hydrogen-bond acceptors (Lipinski definition) is 3. The second-order valence-electron chi connectivity index (χ2n) is 5.22. The molecule has 0 fully saturated rings. The molecule has 1 N–H and O–H groups in total. The van der Waals surface area contributed by atoms with Crippen molar-refractivity contribution in [2.75, 3.05) is 0 Å². The van der Waals surface area contributed by atoms with Crippen LogP contribution in [0.2, 0.25) is 0 Å². The molecule has 0 unspecified atom stereocenters. The average Bonchev–Trinajstić information content (AvgIpc) is 3.14. The summed E-state index contributed by atoms with van der Waals surface area (Å²) in [5, 5.41) is 2.96. The van der Waals surface area contributed by atoms with Crippen molar-refractivity contribution in [3.05, 3.63) is 78.5 Å². The molecule has 116 valence electrons. The molecular formula is C18H18N4O. The molecule has 1 amide bonds. The van der Waals surface area contributed by atoms with Crippen LogP contribution in [0.15, 0.2) is 67.4 Å². The summed E-state index contributed by atoms with van der Waals surface area (Å²) in [5.41, 5.74) is 2.13. The van der Waals surface area contributed by atoms with E-state index in [0.717, 1.165) is 17.8 Å². The Hall–Kier alpha value is -2.95. The lowest BCUT2D eigenvalue weighted by Gasteiger charge is -2.10. The topological polar surface area (TPSA) is 59.8 Å². The van der Waals surface area contributed by atoms with Crippen LogP contribution in [0.3, 0.4) is 0 Å². The van der Waals surface area contributed by atoms with E-state index in [2.05, 4.69) is 15.3 Å². The highest BCUT2D eigenvalue weighted by Gasteiger charge is 2.07. The minimum Gasteiger partial charge on any atom is -0.352 e. The second kappa shape index (κ2) is 7.35. The van der Waals surface area contributed by atoms with Crippen molar-refractivity contribution in [2.45, 2.75) is 19.4 Å². The van der Waals surface area contributed by atoms with E-state index >= 15 is 0 Å². The maximum absolute atomic E-state index is 12.0. The fourth-order valence-corrected chi connectivity index (χ4v) is 2.37. The molecule has 0 aliphatic heterocycles. The van der Waals surface area contributed by atoms with Crippen molar-refractivity contribution in [1.29, 1.82) is 0 Å². The predicted octanol–water partition coefficient (Wildman–Crippen LogP) is 2.52. The van der Waals surface area contributed by atoms with Gasteiger partial charge < -0.3 is 5.32 Å². The van der Waals surface area contributed by atoms with Crippen LogP contribution < -0.4 is 5.32 Å². The van der Waals surface area contributed by atoms with E-state index in [1.807, 2.05) is 53.2 Å². The third-order valence-electron chi connectivity index (χ3n) is 3.58. The number of nitrogens with one attached hydrogen (secondary N) is 1. The van der Waals surface area contributed by atoms with E-state index in [-0.39, 0.29) is 5.91 Å². The Morgan fingerprint density at radius 1 is 1.09 bits per heavy atom. The third kappa shape index (κ3) is 4.03. The Balaban J connectivity index is 1.57. The monoisotopic (exact) mass is 306 g/mol. The smallest absolute Gasteiger partial charge is 0.220 e. The molecule has 0 aliphatic rings. The number of carbonyl (C=O) groups excluding carboxylic acids is 1. The summed E-state index contributed by atoms with van der Waals surface area (Å²) >= 11 is 0. The summed E-state index contributed by atoms with van der Waals surface area (Å²) in [6.45, 7) is 0.453. The summed E-state index contributed by atoms with van der Waals surface area (Å²) < 4.78 is 1.84. The van der Waals surface area contributed by atoms with E-state index in [1.54, 1.807) is 18.7 Å². The van der Waals surface area contributed by atoms with E-state index in [0.29, 0.717) is 13.0 Å². The summed E-state index contributed by atoms with van der Waals surface area (Å²) in [5.74, 6) is 0.822. The van der Waals surface area contributed by atoms with Gasteiger partial charge in [0, 0.05) is 37.1 Å². The second-order valence-corrected chi connectivity index (χ2v) is 5.22. The number of benzene rings is 1. The molecule has 0 saturated carbocycles. The van der Waals surface area contributed by atoms with Gasteiger partial charge in [0.25, 0.3) is 0 Å². The van der Waals surface area contributed by atoms with Crippen molar-refractivity contribution < 1.29 is 4.79 Å². The van der Waals surface area contributed by atoms with Gasteiger partial charge in [0.2, 0.25) is 5.91 Å². The molecule has 0 bridgehead atoms. The maximum atomic E-state index is 12.0. The van der Waals surface area contributed by atoms with Gasteiger partial charge in [0.05, 0.1) is 0 Å². The van der Waals surface area contributed by atoms with Gasteiger partial charge in [-0.1, -0.05) is 36.4 Å². The third-order valence-corrected chi connectivity index (χ3v) is 3.58. The normalized spacial score (nSPS) is 10.4. The first-order valence-corrected chi connectivity index (χ1v) is 7.56. The van der Waals surface area contributed by atoms with Crippen molar-refractivity contribution in [2.24, 2.45) is 0 Å². The molecule has 0 atom stereocenters. The van der Waals surface area contributed by atoms with Crippen LogP contribution in [0, 0.1) is 0 Å². The Morgan fingerprint density at radius 3 is 2.74 bits per heavy atom. The van der Waals surface area contributed by atoms with Gasteiger partial charge >= 0.3 is 0 Å². The summed E-state index contributed by atoms with van der Waals surface area (Å²) in [7, 11) is 0. The standard InChI is InChI=1S/C18H18N4O/c23-17(9-8-15-5-2-1-3-6-15)21-13-16-7-4-10-20-18(16)22-12-11-19-14-22/h1-7,10-12,14H,8-9,13H2,(H,21,23). The molecule has 0 spiro atoms. The quantitative estimate of drug-likeness (QED) is 0.761. The van der Waals surface area contributed by atoms with Gasteiger partial charge in [0.15, 0.2) is 0 Å². The molecule has 3 rings (SSSR count). The van der Waals surface area contributed by atoms with Crippen LogP contribution >= 0.6 is 0 Å². The number of amides is 1. The first kappa shape index (κ1) is 15.0. The van der Waals surface area contributed by atoms with Gasteiger partial charge in [-0.15, -0.1) is 0 Å². The van der Waals surface area contributed by atoms with Crippen LogP contribution in [0.4, 0.5) is 0 Å². The highest BCUT2D eigenvalue weighted by molar-refractivity contribution is 5.76. The van der Waals surface area contributed by atoms with Gasteiger partial charge in [-0.2, -0.15) is 0 Å². The van der Waals surface area contributed by atoms with E-state index < -0.39 is 0 Å². The lowest BCUT2D eigenvalue weighted by atomic mass is 10.1. The van der Waals surface area contributed by atoms with Crippen molar-refractivity contribution in [3.63, 3.8) is 0 Å². The number of hydrogen-bond donors (Lipinski definition) is 1. The molecule has 5 heteroatoms. The van der Waals surface area contributed by atoms with Crippen LogP contribution in [0.5, 0.6) is 0 Å². The number of aromatic nitrogens is 3. The molecule has 5 nitrogen and oxygen atoms in total. The minimum atomic E-state index is 0.0364. The Morgan fingerprint density at radius 2 is 1.96 bits per heavy atom. The number of imidazole rings is 1. The fourth-order valence-electron chi connectivity index (χ4n) is 2.37. The number of aryl methyl sites for hydroxylation is 1. The zero-order valence-corrected chi connectivity index (χ0v) is 12.7. The van der Waals surface area contributed by atoms with Crippen molar-refractivity contribution in [3.8, 4) is 5.82 Å². The number of pyridine rings is 1. The van der Waals surface area contributed by atoms with Crippen LogP contribution in [-0.4, -0.2) is 20.4 Å². The lowest BCUT2D eigenvalue weighted by Crippen LogP contribution is -2.24. The fraction of sp³-hybridized carbons (Fsp3) is 0.167. The van der Waals surface area contributed by atoms with Crippen molar-refractivity contribution >= 4 is 5.91 Å². The Kier molecular flexibility index (Phi) is 4.79. The number of nitrogens with zero attached hydrogens (tertiary/aromatic N) is 3. The SMILES string of the molecule is O=C(CCc1ccccc1)NCc1cccnc1-n1ccnc1. The minimum absolute atomic E-state index is 0.0364. The van der Waals surface area contributed by atoms with Crippen LogP contribution in [0.1, 0.15) is 17.5 Å². The van der Waals surface area contributed by atoms with Crippen LogP contribution in [0.25, 0.3) is 5.82 Å². The van der Waals surface area contributed by atoms with E-state index in [9.17, 15) is 4.79 Å². The van der Waals surface area contributed by atoms with E-state index in [1.165, 1.54) is 5.56 Å². The molecule has 0 aliphatic carbocycles. The van der Waals surface area contributed by atoms with Crippen LogP contribution in [-0.2, 0) is 17.8 Å². The zero-order chi connectivity index (χ0) is 15.9. The Labute approximate surface area is 135 Å². The highest BCUT2D eigenvalue weighted by Crippen LogP contribution is 2.10. The van der Waals surface area contributed by atoms with Gasteiger partial charge in [-0.05, 0) is 18.1 Å². The van der Waals surface area contributed by atoms with E-state index in [4.69, 9.17) is 0 Å². The zero-order valence-electron chi connectivity index (χ0n) is 12.7. The molecule has 0 radical (unpaired) electrons.